The van der Waals surface area contributed by atoms with Crippen molar-refractivity contribution in [1.29, 1.82) is 5.41 Å². The number of carbonyl (C=O) groups excluding carboxylic acids is 1. The Balaban J connectivity index is 1.78. The summed E-state index contributed by atoms with van der Waals surface area (Å²) in [6.07, 6.45) is 2.91. The van der Waals surface area contributed by atoms with Crippen LogP contribution in [0, 0.1) is 5.41 Å². The molecule has 3 rings (SSSR count). The Morgan fingerprint density at radius 3 is 2.47 bits per heavy atom. The van der Waals surface area contributed by atoms with E-state index in [1.807, 2.05) is 19.1 Å². The highest BCUT2D eigenvalue weighted by Gasteiger charge is 2.35. The summed E-state index contributed by atoms with van der Waals surface area (Å²) in [5, 5.41) is 17.3. The van der Waals surface area contributed by atoms with Gasteiger partial charge in [-0.3, -0.25) is 4.79 Å². The maximum absolute atomic E-state index is 13.5. The Morgan fingerprint density at radius 1 is 1.20 bits per heavy atom. The zero-order chi connectivity index (χ0) is 21.9. The lowest BCUT2D eigenvalue weighted by molar-refractivity contribution is -0.127. The fraction of sp³-hybridized carbons (Fsp3) is 0.571. The third kappa shape index (κ3) is 5.90. The SMILES string of the molecule is CC(=N)/C=C(/C)Nc1cc(NC2CCN(C)C2=O)cc(NC2CCC(F)(F)CC2)n1. The molecule has 0 bridgehead atoms. The number of likely N-dealkylation sites (N-methyl/N-ethyl adjacent to an activating group) is 1. The van der Waals surface area contributed by atoms with Gasteiger partial charge in [-0.25, -0.2) is 13.8 Å². The van der Waals surface area contributed by atoms with Gasteiger partial charge in [-0.05, 0) is 39.2 Å². The first-order valence-electron chi connectivity index (χ1n) is 10.3. The molecule has 1 amide bonds. The highest BCUT2D eigenvalue weighted by Crippen LogP contribution is 2.34. The van der Waals surface area contributed by atoms with Gasteiger partial charge in [-0.2, -0.15) is 0 Å². The van der Waals surface area contributed by atoms with Crippen molar-refractivity contribution in [2.45, 2.75) is 64.0 Å². The lowest BCUT2D eigenvalue weighted by atomic mass is 9.92. The van der Waals surface area contributed by atoms with Crippen LogP contribution in [0.15, 0.2) is 23.9 Å². The maximum Gasteiger partial charge on any atom is 0.248 e. The molecule has 0 aromatic carbocycles. The maximum atomic E-state index is 13.5. The summed E-state index contributed by atoms with van der Waals surface area (Å²) < 4.78 is 26.9. The predicted molar refractivity (Wildman–Crippen MR) is 116 cm³/mol. The Labute approximate surface area is 175 Å². The third-order valence-corrected chi connectivity index (χ3v) is 5.42. The van der Waals surface area contributed by atoms with Crippen molar-refractivity contribution in [2.75, 3.05) is 29.5 Å². The first-order valence-corrected chi connectivity index (χ1v) is 10.3. The molecule has 1 aromatic heterocycles. The number of hydrogen-bond donors (Lipinski definition) is 4. The molecular formula is C21H30F2N6O. The fourth-order valence-electron chi connectivity index (χ4n) is 3.87. The molecule has 1 aliphatic heterocycles. The Hall–Kier alpha value is -2.71. The van der Waals surface area contributed by atoms with Crippen molar-refractivity contribution < 1.29 is 13.6 Å². The lowest BCUT2D eigenvalue weighted by Gasteiger charge is -2.29. The van der Waals surface area contributed by atoms with Crippen LogP contribution in [0.5, 0.6) is 0 Å². The predicted octanol–water partition coefficient (Wildman–Crippen LogP) is 4.07. The highest BCUT2D eigenvalue weighted by molar-refractivity contribution is 5.91. The van der Waals surface area contributed by atoms with Gasteiger partial charge in [-0.1, -0.05) is 0 Å². The van der Waals surface area contributed by atoms with Crippen molar-refractivity contribution >= 4 is 28.9 Å². The van der Waals surface area contributed by atoms with Gasteiger partial charge in [0.1, 0.15) is 17.7 Å². The highest BCUT2D eigenvalue weighted by atomic mass is 19.3. The van der Waals surface area contributed by atoms with E-state index in [-0.39, 0.29) is 30.8 Å². The standard InChI is InChI=1S/C21H30F2N6O/c1-13(24)10-14(2)25-18-11-16(26-17-6-9-29(3)20(17)30)12-19(28-18)27-15-4-7-21(22,23)8-5-15/h10-12,15,17,24H,4-9H2,1-3H3,(H3,25,26,27,28)/b14-10-,24-13?. The second kappa shape index (κ2) is 8.97. The van der Waals surface area contributed by atoms with Crippen molar-refractivity contribution in [2.24, 2.45) is 0 Å². The molecule has 1 aliphatic carbocycles. The van der Waals surface area contributed by atoms with Gasteiger partial charge in [0.25, 0.3) is 0 Å². The van der Waals surface area contributed by atoms with Crippen molar-refractivity contribution in [1.82, 2.24) is 9.88 Å². The van der Waals surface area contributed by atoms with Crippen LogP contribution in [0.1, 0.15) is 46.0 Å². The van der Waals surface area contributed by atoms with Crippen molar-refractivity contribution in [3.05, 3.63) is 23.9 Å². The molecule has 30 heavy (non-hydrogen) atoms. The van der Waals surface area contributed by atoms with E-state index in [0.29, 0.717) is 43.2 Å². The summed E-state index contributed by atoms with van der Waals surface area (Å²) in [5.41, 5.74) is 1.90. The number of halogens is 2. The van der Waals surface area contributed by atoms with E-state index >= 15 is 0 Å². The second-order valence-corrected chi connectivity index (χ2v) is 8.28. The van der Waals surface area contributed by atoms with Crippen LogP contribution < -0.4 is 16.0 Å². The number of anilines is 3. The molecule has 4 N–H and O–H groups in total. The van der Waals surface area contributed by atoms with E-state index in [0.717, 1.165) is 11.4 Å². The number of likely N-dealkylation sites (tertiary alicyclic amines) is 1. The van der Waals surface area contributed by atoms with E-state index in [1.165, 1.54) is 0 Å². The summed E-state index contributed by atoms with van der Waals surface area (Å²) in [5.74, 6) is -1.42. The number of allylic oxidation sites excluding steroid dienone is 2. The second-order valence-electron chi connectivity index (χ2n) is 8.28. The minimum Gasteiger partial charge on any atom is -0.373 e. The topological polar surface area (TPSA) is 93.1 Å². The zero-order valence-corrected chi connectivity index (χ0v) is 17.7. The molecule has 2 fully saturated rings. The number of pyridine rings is 1. The van der Waals surface area contributed by atoms with Gasteiger partial charge in [-0.15, -0.1) is 0 Å². The van der Waals surface area contributed by atoms with Crippen LogP contribution in [0.3, 0.4) is 0 Å². The zero-order valence-electron chi connectivity index (χ0n) is 17.7. The van der Waals surface area contributed by atoms with E-state index in [2.05, 4.69) is 20.9 Å². The molecular weight excluding hydrogens is 390 g/mol. The van der Waals surface area contributed by atoms with Crippen LogP contribution in [0.2, 0.25) is 0 Å². The number of carbonyl (C=O) groups is 1. The molecule has 1 aromatic rings. The largest absolute Gasteiger partial charge is 0.373 e. The quantitative estimate of drug-likeness (QED) is 0.499. The number of nitrogens with one attached hydrogen (secondary N) is 4. The molecule has 1 atom stereocenters. The minimum absolute atomic E-state index is 0.0425. The van der Waals surface area contributed by atoms with Gasteiger partial charge in [0.2, 0.25) is 11.8 Å². The summed E-state index contributed by atoms with van der Waals surface area (Å²) in [6, 6.07) is 3.25. The van der Waals surface area contributed by atoms with E-state index in [1.54, 1.807) is 24.9 Å². The summed E-state index contributed by atoms with van der Waals surface area (Å²) in [7, 11) is 1.78. The van der Waals surface area contributed by atoms with E-state index < -0.39 is 5.92 Å². The molecule has 1 saturated carbocycles. The molecule has 164 valence electrons. The summed E-state index contributed by atoms with van der Waals surface area (Å²) in [6.45, 7) is 4.23. The Kier molecular flexibility index (Phi) is 6.58. The van der Waals surface area contributed by atoms with Crippen LogP contribution in [-0.4, -0.2) is 53.1 Å². The van der Waals surface area contributed by atoms with Crippen molar-refractivity contribution in [3.8, 4) is 0 Å². The molecule has 0 spiro atoms. The van der Waals surface area contributed by atoms with Crippen LogP contribution in [0.25, 0.3) is 0 Å². The summed E-state index contributed by atoms with van der Waals surface area (Å²) >= 11 is 0. The van der Waals surface area contributed by atoms with E-state index in [9.17, 15) is 13.6 Å². The number of nitrogens with zero attached hydrogens (tertiary/aromatic N) is 2. The van der Waals surface area contributed by atoms with Crippen molar-refractivity contribution in [3.63, 3.8) is 0 Å². The Morgan fingerprint density at radius 2 is 1.87 bits per heavy atom. The molecule has 7 nitrogen and oxygen atoms in total. The number of rotatable bonds is 7. The molecule has 1 saturated heterocycles. The average Bonchev–Trinajstić information content (AvgIpc) is 2.95. The Bertz CT molecular complexity index is 831. The molecule has 1 unspecified atom stereocenters. The van der Waals surface area contributed by atoms with Gasteiger partial charge >= 0.3 is 0 Å². The number of alkyl halides is 2. The fourth-order valence-corrected chi connectivity index (χ4v) is 3.87. The number of hydrogen-bond acceptors (Lipinski definition) is 6. The smallest absolute Gasteiger partial charge is 0.248 e. The lowest BCUT2D eigenvalue weighted by Crippen LogP contribution is -2.32. The minimum atomic E-state index is -2.58. The van der Waals surface area contributed by atoms with E-state index in [4.69, 9.17) is 5.41 Å². The normalized spacial score (nSPS) is 22.2. The first kappa shape index (κ1) is 22.0. The first-order chi connectivity index (χ1) is 14.1. The van der Waals surface area contributed by atoms with Gasteiger partial charge in [0.05, 0.1) is 0 Å². The summed E-state index contributed by atoms with van der Waals surface area (Å²) in [4.78, 5) is 18.5. The third-order valence-electron chi connectivity index (χ3n) is 5.42. The monoisotopic (exact) mass is 420 g/mol. The molecule has 2 aliphatic rings. The van der Waals surface area contributed by atoms with Crippen LogP contribution >= 0.6 is 0 Å². The molecule has 9 heteroatoms. The van der Waals surface area contributed by atoms with Gasteiger partial charge in [0.15, 0.2) is 0 Å². The number of aromatic nitrogens is 1. The molecule has 0 radical (unpaired) electrons. The van der Waals surface area contributed by atoms with Gasteiger partial charge < -0.3 is 26.3 Å². The van der Waals surface area contributed by atoms with Crippen LogP contribution in [0.4, 0.5) is 26.1 Å². The average molecular weight is 421 g/mol. The molecule has 2 heterocycles. The van der Waals surface area contributed by atoms with Crippen LogP contribution in [-0.2, 0) is 4.79 Å². The number of amides is 1. The van der Waals surface area contributed by atoms with Gasteiger partial charge in [0, 0.05) is 61.7 Å².